The van der Waals surface area contributed by atoms with Gasteiger partial charge in [-0.3, -0.25) is 9.59 Å². The van der Waals surface area contributed by atoms with E-state index in [4.69, 9.17) is 9.47 Å². The Morgan fingerprint density at radius 1 is 0.926 bits per heavy atom. The van der Waals surface area contributed by atoms with Gasteiger partial charge in [-0.2, -0.15) is 0 Å². The molecule has 3 N–H and O–H groups in total. The van der Waals surface area contributed by atoms with E-state index in [0.29, 0.717) is 25.3 Å². The van der Waals surface area contributed by atoms with Crippen LogP contribution in [0.15, 0.2) is 48.5 Å². The molecule has 0 unspecified atom stereocenters. The van der Waals surface area contributed by atoms with Gasteiger partial charge in [0.2, 0.25) is 5.91 Å². The lowest BCUT2D eigenvalue weighted by atomic mass is 10.2. The lowest BCUT2D eigenvalue weighted by Gasteiger charge is -2.09. The number of hydrogen-bond donors (Lipinski definition) is 3. The Morgan fingerprint density at radius 3 is 2.26 bits per heavy atom. The molecule has 2 amide bonds. The van der Waals surface area contributed by atoms with Gasteiger partial charge >= 0.3 is 0 Å². The monoisotopic (exact) mass is 371 g/mol. The van der Waals surface area contributed by atoms with Gasteiger partial charge in [-0.15, -0.1) is 0 Å². The molecule has 0 aliphatic carbocycles. The average Bonchev–Trinajstić information content (AvgIpc) is 2.71. The summed E-state index contributed by atoms with van der Waals surface area (Å²) in [6, 6.07) is 14.5. The summed E-state index contributed by atoms with van der Waals surface area (Å²) in [6.45, 7) is 1.53. The molecular formula is C20H25N3O4. The van der Waals surface area contributed by atoms with Crippen LogP contribution in [-0.4, -0.2) is 45.7 Å². The van der Waals surface area contributed by atoms with Crippen LogP contribution in [0.4, 0.5) is 5.69 Å². The molecule has 0 aliphatic rings. The maximum Gasteiger partial charge on any atom is 0.251 e. The summed E-state index contributed by atoms with van der Waals surface area (Å²) in [5.74, 6) is 0.505. The number of anilines is 1. The predicted octanol–water partition coefficient (Wildman–Crippen LogP) is 1.80. The van der Waals surface area contributed by atoms with Crippen LogP contribution in [-0.2, 0) is 16.1 Å². The van der Waals surface area contributed by atoms with Crippen molar-refractivity contribution in [3.63, 3.8) is 0 Å². The summed E-state index contributed by atoms with van der Waals surface area (Å²) in [4.78, 5) is 23.9. The number of methoxy groups -OCH3 is 2. The van der Waals surface area contributed by atoms with E-state index in [2.05, 4.69) is 16.0 Å². The molecule has 0 bridgehead atoms. The van der Waals surface area contributed by atoms with E-state index in [0.717, 1.165) is 17.0 Å². The molecule has 7 heteroatoms. The molecule has 0 saturated carbocycles. The molecule has 0 aromatic heterocycles. The quantitative estimate of drug-likeness (QED) is 0.554. The maximum atomic E-state index is 12.0. The van der Waals surface area contributed by atoms with Gasteiger partial charge in [0.1, 0.15) is 5.75 Å². The lowest BCUT2D eigenvalue weighted by molar-refractivity contribution is -0.119. The molecule has 0 saturated heterocycles. The summed E-state index contributed by atoms with van der Waals surface area (Å²) in [5.41, 5.74) is 2.32. The fourth-order valence-electron chi connectivity index (χ4n) is 2.30. The first-order chi connectivity index (χ1) is 13.1. The topological polar surface area (TPSA) is 88.7 Å². The van der Waals surface area contributed by atoms with Crippen molar-refractivity contribution in [3.8, 4) is 5.75 Å². The van der Waals surface area contributed by atoms with Gasteiger partial charge in [-0.25, -0.2) is 0 Å². The van der Waals surface area contributed by atoms with Crippen molar-refractivity contribution < 1.29 is 19.1 Å². The fourth-order valence-corrected chi connectivity index (χ4v) is 2.30. The van der Waals surface area contributed by atoms with Gasteiger partial charge < -0.3 is 25.4 Å². The second kappa shape index (κ2) is 10.8. The molecule has 0 aliphatic heterocycles. The molecule has 2 aromatic carbocycles. The lowest BCUT2D eigenvalue weighted by Crippen LogP contribution is -2.29. The van der Waals surface area contributed by atoms with Crippen molar-refractivity contribution in [1.29, 1.82) is 0 Å². The van der Waals surface area contributed by atoms with Crippen molar-refractivity contribution in [3.05, 3.63) is 59.7 Å². The average molecular weight is 371 g/mol. The van der Waals surface area contributed by atoms with Crippen LogP contribution in [0.3, 0.4) is 0 Å². The molecule has 0 atom stereocenters. The number of nitrogens with one attached hydrogen (secondary N) is 3. The first-order valence-electron chi connectivity index (χ1n) is 8.63. The Bertz CT molecular complexity index is 730. The molecule has 0 spiro atoms. The number of amides is 2. The van der Waals surface area contributed by atoms with E-state index in [9.17, 15) is 9.59 Å². The normalized spacial score (nSPS) is 10.1. The number of ether oxygens (including phenoxy) is 2. The van der Waals surface area contributed by atoms with Crippen molar-refractivity contribution in [2.24, 2.45) is 0 Å². The SMILES string of the molecule is COCCNC(=O)c1ccc(NCC(=O)NCc2ccc(OC)cc2)cc1. The summed E-state index contributed by atoms with van der Waals surface area (Å²) in [5, 5.41) is 8.63. The van der Waals surface area contributed by atoms with E-state index in [-0.39, 0.29) is 18.4 Å². The van der Waals surface area contributed by atoms with E-state index >= 15 is 0 Å². The van der Waals surface area contributed by atoms with Crippen LogP contribution in [0.5, 0.6) is 5.75 Å². The van der Waals surface area contributed by atoms with Crippen molar-refractivity contribution in [2.45, 2.75) is 6.54 Å². The summed E-state index contributed by atoms with van der Waals surface area (Å²) < 4.78 is 9.99. The van der Waals surface area contributed by atoms with Crippen LogP contribution >= 0.6 is 0 Å². The van der Waals surface area contributed by atoms with Crippen molar-refractivity contribution in [1.82, 2.24) is 10.6 Å². The third-order valence-corrected chi connectivity index (χ3v) is 3.84. The minimum atomic E-state index is -0.157. The molecule has 2 rings (SSSR count). The van der Waals surface area contributed by atoms with Crippen LogP contribution in [0.25, 0.3) is 0 Å². The van der Waals surface area contributed by atoms with Crippen molar-refractivity contribution >= 4 is 17.5 Å². The molecule has 7 nitrogen and oxygen atoms in total. The second-order valence-corrected chi connectivity index (χ2v) is 5.80. The molecule has 0 fully saturated rings. The Balaban J connectivity index is 1.73. The second-order valence-electron chi connectivity index (χ2n) is 5.80. The molecule has 27 heavy (non-hydrogen) atoms. The van der Waals surface area contributed by atoms with Crippen molar-refractivity contribution in [2.75, 3.05) is 39.2 Å². The third-order valence-electron chi connectivity index (χ3n) is 3.84. The number of rotatable bonds is 10. The largest absolute Gasteiger partial charge is 0.497 e. The zero-order valence-electron chi connectivity index (χ0n) is 15.6. The highest BCUT2D eigenvalue weighted by Gasteiger charge is 2.05. The highest BCUT2D eigenvalue weighted by Crippen LogP contribution is 2.11. The van der Waals surface area contributed by atoms with Crippen LogP contribution < -0.4 is 20.7 Å². The van der Waals surface area contributed by atoms with Gasteiger partial charge in [-0.05, 0) is 42.0 Å². The van der Waals surface area contributed by atoms with E-state index in [1.54, 1.807) is 38.5 Å². The van der Waals surface area contributed by atoms with Gasteiger partial charge in [-0.1, -0.05) is 12.1 Å². The van der Waals surface area contributed by atoms with E-state index in [1.807, 2.05) is 24.3 Å². The zero-order valence-corrected chi connectivity index (χ0v) is 15.6. The number of carbonyl (C=O) groups is 2. The Hall–Kier alpha value is -3.06. The Morgan fingerprint density at radius 2 is 1.63 bits per heavy atom. The van der Waals surface area contributed by atoms with Gasteiger partial charge in [0.05, 0.1) is 20.3 Å². The first kappa shape index (κ1) is 20.3. The molecule has 144 valence electrons. The Labute approximate surface area is 159 Å². The summed E-state index contributed by atoms with van der Waals surface area (Å²) in [7, 11) is 3.20. The van der Waals surface area contributed by atoms with Crippen LogP contribution in [0.1, 0.15) is 15.9 Å². The minimum absolute atomic E-state index is 0.118. The molecule has 0 heterocycles. The van der Waals surface area contributed by atoms with E-state index < -0.39 is 0 Å². The van der Waals surface area contributed by atoms with Gasteiger partial charge in [0.15, 0.2) is 0 Å². The summed E-state index contributed by atoms with van der Waals surface area (Å²) in [6.07, 6.45) is 0. The minimum Gasteiger partial charge on any atom is -0.497 e. The first-order valence-corrected chi connectivity index (χ1v) is 8.63. The molecular weight excluding hydrogens is 346 g/mol. The fraction of sp³-hybridized carbons (Fsp3) is 0.300. The van der Waals surface area contributed by atoms with Crippen LogP contribution in [0, 0.1) is 0 Å². The molecule has 2 aromatic rings. The maximum absolute atomic E-state index is 12.0. The Kier molecular flexibility index (Phi) is 8.12. The number of carbonyl (C=O) groups excluding carboxylic acids is 2. The standard InChI is InChI=1S/C20H25N3O4/c1-26-12-11-21-20(25)16-5-7-17(8-6-16)22-14-19(24)23-13-15-3-9-18(27-2)10-4-15/h3-10,22H,11-14H2,1-2H3,(H,21,25)(H,23,24). The van der Waals surface area contributed by atoms with Gasteiger partial charge in [0.25, 0.3) is 5.91 Å². The number of benzene rings is 2. The van der Waals surface area contributed by atoms with E-state index in [1.165, 1.54) is 0 Å². The number of hydrogen-bond acceptors (Lipinski definition) is 5. The highest BCUT2D eigenvalue weighted by molar-refractivity contribution is 5.94. The highest BCUT2D eigenvalue weighted by atomic mass is 16.5. The summed E-state index contributed by atoms with van der Waals surface area (Å²) >= 11 is 0. The molecule has 0 radical (unpaired) electrons. The van der Waals surface area contributed by atoms with Gasteiger partial charge in [0, 0.05) is 31.5 Å². The smallest absolute Gasteiger partial charge is 0.251 e. The third kappa shape index (κ3) is 6.99. The van der Waals surface area contributed by atoms with Crippen LogP contribution in [0.2, 0.25) is 0 Å². The zero-order chi connectivity index (χ0) is 19.5. The predicted molar refractivity (Wildman–Crippen MR) is 104 cm³/mol.